The minimum Gasteiger partial charge on any atom is -0.356 e. The highest BCUT2D eigenvalue weighted by molar-refractivity contribution is 5.47. The van der Waals surface area contributed by atoms with E-state index in [0.717, 1.165) is 31.7 Å². The zero-order valence-corrected chi connectivity index (χ0v) is 13.8. The average Bonchev–Trinajstić information content (AvgIpc) is 2.45. The third-order valence-electron chi connectivity index (χ3n) is 4.04. The second-order valence-electron chi connectivity index (χ2n) is 5.91. The lowest BCUT2D eigenvalue weighted by atomic mass is 10.0. The van der Waals surface area contributed by atoms with E-state index in [9.17, 15) is 0 Å². The summed E-state index contributed by atoms with van der Waals surface area (Å²) in [5, 5.41) is 0. The van der Waals surface area contributed by atoms with Gasteiger partial charge in [0.2, 0.25) is 0 Å². The maximum Gasteiger partial charge on any atom is 0.131 e. The number of rotatable bonds is 8. The Labute approximate surface area is 124 Å². The van der Waals surface area contributed by atoms with Crippen molar-refractivity contribution < 1.29 is 0 Å². The summed E-state index contributed by atoms with van der Waals surface area (Å²) in [5.74, 6) is 1.82. The standard InChI is InChI=1S/C17H31N3/c1-6-13(4)12-20(8-3)17-14(5)9-15(11-19-17)10-16(18)7-2/h9,11,13,16H,6-8,10,12,18H2,1-5H3. The van der Waals surface area contributed by atoms with E-state index in [4.69, 9.17) is 10.7 Å². The van der Waals surface area contributed by atoms with Crippen LogP contribution in [0.1, 0.15) is 51.7 Å². The van der Waals surface area contributed by atoms with Crippen molar-refractivity contribution in [3.8, 4) is 0 Å². The van der Waals surface area contributed by atoms with Gasteiger partial charge in [-0.3, -0.25) is 0 Å². The van der Waals surface area contributed by atoms with Gasteiger partial charge in [0.25, 0.3) is 0 Å². The quantitative estimate of drug-likeness (QED) is 0.790. The molecule has 114 valence electrons. The van der Waals surface area contributed by atoms with E-state index >= 15 is 0 Å². The Bertz CT molecular complexity index is 403. The van der Waals surface area contributed by atoms with Crippen LogP contribution in [0.2, 0.25) is 0 Å². The molecular formula is C17H31N3. The molecule has 20 heavy (non-hydrogen) atoms. The molecule has 0 aromatic carbocycles. The predicted octanol–water partition coefficient (Wildman–Crippen LogP) is 3.54. The zero-order valence-electron chi connectivity index (χ0n) is 13.8. The number of hydrogen-bond donors (Lipinski definition) is 1. The van der Waals surface area contributed by atoms with Crippen molar-refractivity contribution in [3.63, 3.8) is 0 Å². The summed E-state index contributed by atoms with van der Waals surface area (Å²) in [5.41, 5.74) is 8.54. The van der Waals surface area contributed by atoms with Crippen molar-refractivity contribution in [1.29, 1.82) is 0 Å². The van der Waals surface area contributed by atoms with Gasteiger partial charge in [-0.25, -0.2) is 4.98 Å². The van der Waals surface area contributed by atoms with E-state index in [0.29, 0.717) is 5.92 Å². The predicted molar refractivity (Wildman–Crippen MR) is 88.3 cm³/mol. The first-order chi connectivity index (χ1) is 9.51. The fraction of sp³-hybridized carbons (Fsp3) is 0.706. The van der Waals surface area contributed by atoms with E-state index in [1.807, 2.05) is 6.20 Å². The van der Waals surface area contributed by atoms with Gasteiger partial charge in [0, 0.05) is 25.3 Å². The molecule has 0 aliphatic heterocycles. The van der Waals surface area contributed by atoms with E-state index in [-0.39, 0.29) is 6.04 Å². The molecule has 0 bridgehead atoms. The lowest BCUT2D eigenvalue weighted by Crippen LogP contribution is -2.29. The van der Waals surface area contributed by atoms with Gasteiger partial charge in [-0.1, -0.05) is 33.3 Å². The van der Waals surface area contributed by atoms with Crippen LogP contribution >= 0.6 is 0 Å². The Morgan fingerprint density at radius 2 is 1.95 bits per heavy atom. The van der Waals surface area contributed by atoms with Crippen molar-refractivity contribution in [2.45, 2.75) is 59.9 Å². The molecule has 0 spiro atoms. The van der Waals surface area contributed by atoms with Crippen LogP contribution in [-0.4, -0.2) is 24.1 Å². The summed E-state index contributed by atoms with van der Waals surface area (Å²) in [6.45, 7) is 13.1. The summed E-state index contributed by atoms with van der Waals surface area (Å²) in [6.07, 6.45) is 5.13. The zero-order chi connectivity index (χ0) is 15.1. The number of hydrogen-bond acceptors (Lipinski definition) is 3. The highest BCUT2D eigenvalue weighted by Gasteiger charge is 2.13. The molecule has 0 saturated carbocycles. The molecule has 1 heterocycles. The molecule has 2 atom stereocenters. The van der Waals surface area contributed by atoms with Crippen molar-refractivity contribution in [2.24, 2.45) is 11.7 Å². The molecule has 0 radical (unpaired) electrons. The first kappa shape index (κ1) is 17.0. The minimum absolute atomic E-state index is 0.240. The van der Waals surface area contributed by atoms with Crippen molar-refractivity contribution >= 4 is 5.82 Å². The van der Waals surface area contributed by atoms with Gasteiger partial charge in [0.05, 0.1) is 0 Å². The Hall–Kier alpha value is -1.09. The van der Waals surface area contributed by atoms with Crippen LogP contribution in [0.3, 0.4) is 0 Å². The molecule has 2 unspecified atom stereocenters. The lowest BCUT2D eigenvalue weighted by molar-refractivity contribution is 0.545. The third kappa shape index (κ3) is 4.78. The van der Waals surface area contributed by atoms with Crippen molar-refractivity contribution in [3.05, 3.63) is 23.4 Å². The molecule has 0 aliphatic rings. The van der Waals surface area contributed by atoms with Crippen LogP contribution in [0.15, 0.2) is 12.3 Å². The number of nitrogens with two attached hydrogens (primary N) is 1. The Morgan fingerprint density at radius 3 is 2.45 bits per heavy atom. The van der Waals surface area contributed by atoms with Gasteiger partial charge >= 0.3 is 0 Å². The van der Waals surface area contributed by atoms with Gasteiger partial charge in [-0.2, -0.15) is 0 Å². The van der Waals surface area contributed by atoms with E-state index in [1.54, 1.807) is 0 Å². The summed E-state index contributed by atoms with van der Waals surface area (Å²) in [7, 11) is 0. The monoisotopic (exact) mass is 277 g/mol. The number of aromatic nitrogens is 1. The molecule has 3 heteroatoms. The highest BCUT2D eigenvalue weighted by atomic mass is 15.2. The number of anilines is 1. The van der Waals surface area contributed by atoms with Gasteiger partial charge < -0.3 is 10.6 Å². The van der Waals surface area contributed by atoms with Crippen LogP contribution in [0, 0.1) is 12.8 Å². The van der Waals surface area contributed by atoms with Gasteiger partial charge in [0.15, 0.2) is 0 Å². The Balaban J connectivity index is 2.84. The van der Waals surface area contributed by atoms with Crippen LogP contribution < -0.4 is 10.6 Å². The third-order valence-corrected chi connectivity index (χ3v) is 4.04. The van der Waals surface area contributed by atoms with Crippen molar-refractivity contribution in [1.82, 2.24) is 4.98 Å². The smallest absolute Gasteiger partial charge is 0.131 e. The molecule has 2 N–H and O–H groups in total. The molecule has 0 amide bonds. The first-order valence-corrected chi connectivity index (χ1v) is 7.97. The second kappa shape index (κ2) is 8.25. The summed E-state index contributed by atoms with van der Waals surface area (Å²) >= 11 is 0. The van der Waals surface area contributed by atoms with Crippen LogP contribution in [0.5, 0.6) is 0 Å². The highest BCUT2D eigenvalue weighted by Crippen LogP contribution is 2.20. The number of pyridine rings is 1. The lowest BCUT2D eigenvalue weighted by Gasteiger charge is -2.27. The molecule has 0 aliphatic carbocycles. The van der Waals surface area contributed by atoms with Crippen LogP contribution in [0.25, 0.3) is 0 Å². The summed E-state index contributed by atoms with van der Waals surface area (Å²) < 4.78 is 0. The Morgan fingerprint density at radius 1 is 1.25 bits per heavy atom. The second-order valence-corrected chi connectivity index (χ2v) is 5.91. The molecule has 0 saturated heterocycles. The fourth-order valence-electron chi connectivity index (χ4n) is 2.39. The van der Waals surface area contributed by atoms with Gasteiger partial charge in [0.1, 0.15) is 5.82 Å². The summed E-state index contributed by atoms with van der Waals surface area (Å²) in [4.78, 5) is 7.08. The van der Waals surface area contributed by atoms with Crippen molar-refractivity contribution in [2.75, 3.05) is 18.0 Å². The SMILES string of the molecule is CCC(C)CN(CC)c1ncc(CC(N)CC)cc1C. The normalized spacial score (nSPS) is 14.1. The molecule has 1 aromatic heterocycles. The molecular weight excluding hydrogens is 246 g/mol. The maximum atomic E-state index is 6.02. The van der Waals surface area contributed by atoms with Gasteiger partial charge in [-0.15, -0.1) is 0 Å². The summed E-state index contributed by atoms with van der Waals surface area (Å²) in [6, 6.07) is 2.49. The number of aryl methyl sites for hydroxylation is 1. The average molecular weight is 277 g/mol. The topological polar surface area (TPSA) is 42.2 Å². The largest absolute Gasteiger partial charge is 0.356 e. The van der Waals surface area contributed by atoms with E-state index < -0.39 is 0 Å². The molecule has 3 nitrogen and oxygen atoms in total. The Kier molecular flexibility index (Phi) is 7.00. The first-order valence-electron chi connectivity index (χ1n) is 7.97. The molecule has 0 fully saturated rings. The minimum atomic E-state index is 0.240. The molecule has 1 rings (SSSR count). The fourth-order valence-corrected chi connectivity index (χ4v) is 2.39. The van der Waals surface area contributed by atoms with Gasteiger partial charge in [-0.05, 0) is 43.7 Å². The maximum absolute atomic E-state index is 6.02. The van der Waals surface area contributed by atoms with Crippen LogP contribution in [-0.2, 0) is 6.42 Å². The van der Waals surface area contributed by atoms with Crippen LogP contribution in [0.4, 0.5) is 5.82 Å². The van der Waals surface area contributed by atoms with E-state index in [2.05, 4.69) is 45.6 Å². The molecule has 1 aromatic rings. The van der Waals surface area contributed by atoms with E-state index in [1.165, 1.54) is 17.5 Å². The number of nitrogens with zero attached hydrogens (tertiary/aromatic N) is 2.